The number of benzene rings is 1. The van der Waals surface area contributed by atoms with Crippen LogP contribution in [-0.2, 0) is 10.0 Å². The Morgan fingerprint density at radius 3 is 2.64 bits per heavy atom. The molecule has 174 valence electrons. The Morgan fingerprint density at radius 1 is 1.12 bits per heavy atom. The van der Waals surface area contributed by atoms with Gasteiger partial charge in [0, 0.05) is 35.6 Å². The van der Waals surface area contributed by atoms with Crippen molar-refractivity contribution in [2.45, 2.75) is 51.0 Å². The Balaban J connectivity index is 1.52. The van der Waals surface area contributed by atoms with Gasteiger partial charge in [-0.05, 0) is 63.3 Å². The van der Waals surface area contributed by atoms with Crippen molar-refractivity contribution < 1.29 is 13.2 Å². The summed E-state index contributed by atoms with van der Waals surface area (Å²) in [5.41, 5.74) is 10.5. The van der Waals surface area contributed by atoms with Crippen LogP contribution in [0.5, 0.6) is 0 Å². The zero-order valence-corrected chi connectivity index (χ0v) is 19.6. The molecule has 0 spiro atoms. The quantitative estimate of drug-likeness (QED) is 0.554. The number of aryl methyl sites for hydroxylation is 1. The fourth-order valence-electron chi connectivity index (χ4n) is 4.58. The largest absolute Gasteiger partial charge is 0.399 e. The first-order chi connectivity index (χ1) is 15.7. The average Bonchev–Trinajstić information content (AvgIpc) is 3.52. The molecule has 1 aromatic carbocycles. The van der Waals surface area contributed by atoms with Gasteiger partial charge >= 0.3 is 0 Å². The van der Waals surface area contributed by atoms with Gasteiger partial charge in [-0.15, -0.1) is 0 Å². The molecule has 1 atom stereocenters. The van der Waals surface area contributed by atoms with Crippen LogP contribution in [0, 0.1) is 6.92 Å². The highest BCUT2D eigenvalue weighted by atomic mass is 32.2. The van der Waals surface area contributed by atoms with E-state index in [9.17, 15) is 13.2 Å². The number of nitrogens with two attached hydrogens (primary N) is 1. The van der Waals surface area contributed by atoms with Gasteiger partial charge in [-0.1, -0.05) is 0 Å². The minimum atomic E-state index is -3.56. The molecule has 1 aliphatic heterocycles. The van der Waals surface area contributed by atoms with Gasteiger partial charge < -0.3 is 10.6 Å². The number of aromatic nitrogens is 3. The number of anilines is 2. The summed E-state index contributed by atoms with van der Waals surface area (Å²) in [6.07, 6.45) is 6.05. The lowest BCUT2D eigenvalue weighted by molar-refractivity contribution is 0.0607. The standard InChI is InChI=1S/C23H28N6O3S/c1-14-11-19(15-6-7-15)25-22-13-20(26-29(14)22)21-5-3-4-10-28(21)23(30)17-12-16(24)8-9-18(17)27-33(2,31)32/h8-9,11-13,15,21,27H,3-7,10,24H2,1-2H3. The first kappa shape index (κ1) is 21.7. The molecule has 1 unspecified atom stereocenters. The van der Waals surface area contributed by atoms with Crippen molar-refractivity contribution in [3.8, 4) is 0 Å². The number of nitrogen functional groups attached to an aromatic ring is 1. The second-order valence-corrected chi connectivity index (χ2v) is 10.9. The molecule has 1 saturated heterocycles. The van der Waals surface area contributed by atoms with Crippen LogP contribution >= 0.6 is 0 Å². The maximum Gasteiger partial charge on any atom is 0.256 e. The molecule has 3 heterocycles. The Bertz CT molecular complexity index is 1350. The monoisotopic (exact) mass is 468 g/mol. The van der Waals surface area contributed by atoms with Gasteiger partial charge in [0.1, 0.15) is 0 Å². The minimum absolute atomic E-state index is 0.218. The van der Waals surface area contributed by atoms with Crippen molar-refractivity contribution >= 4 is 33.0 Å². The van der Waals surface area contributed by atoms with Crippen molar-refractivity contribution in [3.05, 3.63) is 53.0 Å². The smallest absolute Gasteiger partial charge is 0.256 e. The maximum atomic E-state index is 13.7. The van der Waals surface area contributed by atoms with Crippen LogP contribution in [0.3, 0.4) is 0 Å². The summed E-state index contributed by atoms with van der Waals surface area (Å²) in [5.74, 6) is 0.280. The number of nitrogens with zero attached hydrogens (tertiary/aromatic N) is 4. The lowest BCUT2D eigenvalue weighted by Gasteiger charge is -2.35. The highest BCUT2D eigenvalue weighted by Crippen LogP contribution is 2.40. The van der Waals surface area contributed by atoms with E-state index in [0.29, 0.717) is 18.2 Å². The Kier molecular flexibility index (Phi) is 5.27. The summed E-state index contributed by atoms with van der Waals surface area (Å²) in [6, 6.07) is 8.49. The number of amides is 1. The van der Waals surface area contributed by atoms with Crippen molar-refractivity contribution in [2.24, 2.45) is 0 Å². The highest BCUT2D eigenvalue weighted by molar-refractivity contribution is 7.92. The fourth-order valence-corrected chi connectivity index (χ4v) is 5.16. The molecular formula is C23H28N6O3S. The molecule has 1 saturated carbocycles. The van der Waals surface area contributed by atoms with Gasteiger partial charge in [0.05, 0.1) is 29.2 Å². The van der Waals surface area contributed by atoms with E-state index in [1.165, 1.54) is 25.0 Å². The molecule has 0 bridgehead atoms. The van der Waals surface area contributed by atoms with Crippen LogP contribution in [0.4, 0.5) is 11.4 Å². The van der Waals surface area contributed by atoms with E-state index in [1.807, 2.05) is 17.5 Å². The topological polar surface area (TPSA) is 123 Å². The molecule has 1 amide bonds. The van der Waals surface area contributed by atoms with Crippen LogP contribution in [0.25, 0.3) is 5.65 Å². The number of hydrogen-bond donors (Lipinski definition) is 2. The van der Waals surface area contributed by atoms with Crippen molar-refractivity contribution in [3.63, 3.8) is 0 Å². The number of hydrogen-bond acceptors (Lipinski definition) is 6. The molecule has 2 aromatic heterocycles. The number of carbonyl (C=O) groups excluding carboxylic acids is 1. The molecule has 10 heteroatoms. The first-order valence-corrected chi connectivity index (χ1v) is 13.1. The van der Waals surface area contributed by atoms with E-state index in [2.05, 4.69) is 10.8 Å². The maximum absolute atomic E-state index is 13.7. The number of fused-ring (bicyclic) bond motifs is 1. The Hall–Kier alpha value is -3.14. The second kappa shape index (κ2) is 8.02. The summed E-state index contributed by atoms with van der Waals surface area (Å²) in [5, 5.41) is 4.81. The Labute approximate surface area is 193 Å². The molecule has 3 aromatic rings. The molecule has 1 aliphatic carbocycles. The van der Waals surface area contributed by atoms with E-state index in [-0.39, 0.29) is 23.2 Å². The highest BCUT2D eigenvalue weighted by Gasteiger charge is 2.33. The van der Waals surface area contributed by atoms with Crippen LogP contribution in [0.15, 0.2) is 30.3 Å². The predicted octanol–water partition coefficient (Wildman–Crippen LogP) is 3.24. The van der Waals surface area contributed by atoms with Crippen LogP contribution < -0.4 is 10.5 Å². The molecule has 9 nitrogen and oxygen atoms in total. The van der Waals surface area contributed by atoms with Gasteiger partial charge in [-0.3, -0.25) is 9.52 Å². The zero-order chi connectivity index (χ0) is 23.3. The number of sulfonamides is 1. The third-order valence-electron chi connectivity index (χ3n) is 6.31. The lowest BCUT2D eigenvalue weighted by Crippen LogP contribution is -2.39. The third kappa shape index (κ3) is 4.39. The van der Waals surface area contributed by atoms with Gasteiger partial charge in [-0.25, -0.2) is 17.9 Å². The van der Waals surface area contributed by atoms with Crippen LogP contribution in [0.1, 0.15) is 71.5 Å². The second-order valence-electron chi connectivity index (χ2n) is 9.13. The predicted molar refractivity (Wildman–Crippen MR) is 127 cm³/mol. The summed E-state index contributed by atoms with van der Waals surface area (Å²) < 4.78 is 28.0. The lowest BCUT2D eigenvalue weighted by atomic mass is 9.97. The number of rotatable bonds is 5. The number of piperidine rings is 1. The SMILES string of the molecule is Cc1cc(C2CC2)nc2cc(C3CCCCN3C(=O)c3cc(N)ccc3NS(C)(=O)=O)nn12. The van der Waals surface area contributed by atoms with Crippen molar-refractivity contribution in [1.82, 2.24) is 19.5 Å². The molecule has 2 fully saturated rings. The van der Waals surface area contributed by atoms with E-state index < -0.39 is 10.0 Å². The normalized spacial score (nSPS) is 19.1. The summed E-state index contributed by atoms with van der Waals surface area (Å²) in [6.45, 7) is 2.58. The minimum Gasteiger partial charge on any atom is -0.399 e. The van der Waals surface area contributed by atoms with E-state index in [1.54, 1.807) is 11.0 Å². The summed E-state index contributed by atoms with van der Waals surface area (Å²) >= 11 is 0. The first-order valence-electron chi connectivity index (χ1n) is 11.2. The molecule has 2 aliphatic rings. The fraction of sp³-hybridized carbons (Fsp3) is 0.435. The van der Waals surface area contributed by atoms with Crippen molar-refractivity contribution in [2.75, 3.05) is 23.3 Å². The van der Waals surface area contributed by atoms with Gasteiger partial charge in [0.15, 0.2) is 5.65 Å². The number of likely N-dealkylation sites (tertiary alicyclic amines) is 1. The molecule has 0 radical (unpaired) electrons. The molecular weight excluding hydrogens is 440 g/mol. The molecule has 3 N–H and O–H groups in total. The van der Waals surface area contributed by atoms with E-state index >= 15 is 0 Å². The number of nitrogens with one attached hydrogen (secondary N) is 1. The number of carbonyl (C=O) groups is 1. The van der Waals surface area contributed by atoms with Crippen LogP contribution in [-0.4, -0.2) is 46.6 Å². The van der Waals surface area contributed by atoms with E-state index in [4.69, 9.17) is 15.8 Å². The molecule has 5 rings (SSSR count). The summed E-state index contributed by atoms with van der Waals surface area (Å²) in [4.78, 5) is 20.3. The van der Waals surface area contributed by atoms with Gasteiger partial charge in [-0.2, -0.15) is 5.10 Å². The average molecular weight is 469 g/mol. The third-order valence-corrected chi connectivity index (χ3v) is 6.90. The summed E-state index contributed by atoms with van der Waals surface area (Å²) in [7, 11) is -3.56. The van der Waals surface area contributed by atoms with Crippen LogP contribution in [0.2, 0.25) is 0 Å². The van der Waals surface area contributed by atoms with Gasteiger partial charge in [0.2, 0.25) is 10.0 Å². The van der Waals surface area contributed by atoms with E-state index in [0.717, 1.165) is 48.2 Å². The molecule has 33 heavy (non-hydrogen) atoms. The Morgan fingerprint density at radius 2 is 1.91 bits per heavy atom. The van der Waals surface area contributed by atoms with Crippen molar-refractivity contribution in [1.29, 1.82) is 0 Å². The zero-order valence-electron chi connectivity index (χ0n) is 18.8. The van der Waals surface area contributed by atoms with Gasteiger partial charge in [0.25, 0.3) is 5.91 Å².